The fraction of sp³-hybridized carbons (Fsp3) is 0.455. The minimum absolute atomic E-state index is 0.173. The van der Waals surface area contributed by atoms with E-state index in [9.17, 15) is 9.59 Å². The van der Waals surface area contributed by atoms with Crippen LogP contribution in [0, 0.1) is 6.92 Å². The van der Waals surface area contributed by atoms with Gasteiger partial charge >= 0.3 is 0 Å². The Morgan fingerprint density at radius 1 is 1.53 bits per heavy atom. The Morgan fingerprint density at radius 2 is 2.18 bits per heavy atom. The predicted molar refractivity (Wildman–Crippen MR) is 72.4 cm³/mol. The Kier molecular flexibility index (Phi) is 5.14. The van der Waals surface area contributed by atoms with E-state index in [2.05, 4.69) is 26.6 Å². The van der Waals surface area contributed by atoms with E-state index < -0.39 is 6.04 Å². The number of carbonyl (C=O) groups excluding carboxylic acids is 2. The zero-order chi connectivity index (χ0) is 13.0. The van der Waals surface area contributed by atoms with Gasteiger partial charge in [-0.25, -0.2) is 0 Å². The van der Waals surface area contributed by atoms with Crippen LogP contribution in [0.3, 0.4) is 0 Å². The van der Waals surface area contributed by atoms with Crippen molar-refractivity contribution in [3.63, 3.8) is 0 Å². The van der Waals surface area contributed by atoms with E-state index >= 15 is 0 Å². The first-order chi connectivity index (χ1) is 7.95. The molecule has 1 aromatic rings. The Bertz CT molecular complexity index is 412. The molecule has 0 saturated heterocycles. The molecule has 2 N–H and O–H groups in total. The lowest BCUT2D eigenvalue weighted by atomic mass is 10.3. The maximum absolute atomic E-state index is 11.8. The first-order valence-electron chi connectivity index (χ1n) is 5.30. The number of aryl methyl sites for hydroxylation is 1. The number of hydrogen-bond donors (Lipinski definition) is 2. The van der Waals surface area contributed by atoms with Gasteiger partial charge < -0.3 is 10.6 Å². The number of amides is 2. The van der Waals surface area contributed by atoms with E-state index in [4.69, 9.17) is 0 Å². The van der Waals surface area contributed by atoms with E-state index in [0.717, 1.165) is 9.35 Å². The van der Waals surface area contributed by atoms with Gasteiger partial charge in [0.25, 0.3) is 5.91 Å². The monoisotopic (exact) mass is 318 g/mol. The second kappa shape index (κ2) is 6.16. The average molecular weight is 319 g/mol. The molecule has 0 saturated carbocycles. The van der Waals surface area contributed by atoms with E-state index in [1.807, 2.05) is 13.8 Å². The molecule has 0 aliphatic carbocycles. The third-order valence-electron chi connectivity index (χ3n) is 2.17. The summed E-state index contributed by atoms with van der Waals surface area (Å²) in [4.78, 5) is 23.9. The minimum atomic E-state index is -0.524. The predicted octanol–water partition coefficient (Wildman–Crippen LogP) is 2.07. The number of hydrogen-bond acceptors (Lipinski definition) is 3. The van der Waals surface area contributed by atoms with Crippen LogP contribution in [0.4, 0.5) is 0 Å². The molecule has 1 atom stereocenters. The average Bonchev–Trinajstić information content (AvgIpc) is 2.59. The van der Waals surface area contributed by atoms with Gasteiger partial charge in [0, 0.05) is 6.54 Å². The van der Waals surface area contributed by atoms with E-state index in [1.165, 1.54) is 11.3 Å². The van der Waals surface area contributed by atoms with Crippen molar-refractivity contribution in [1.82, 2.24) is 10.6 Å². The van der Waals surface area contributed by atoms with Gasteiger partial charge in [-0.15, -0.1) is 11.3 Å². The molecule has 1 heterocycles. The van der Waals surface area contributed by atoms with Crippen LogP contribution in [0.15, 0.2) is 9.85 Å². The molecule has 0 radical (unpaired) electrons. The maximum Gasteiger partial charge on any atom is 0.262 e. The van der Waals surface area contributed by atoms with Crippen molar-refractivity contribution in [2.75, 3.05) is 6.54 Å². The number of likely N-dealkylation sites (N-methyl/N-ethyl adjacent to an activating group) is 1. The second-order valence-electron chi connectivity index (χ2n) is 3.66. The number of nitrogens with one attached hydrogen (secondary N) is 2. The highest BCUT2D eigenvalue weighted by molar-refractivity contribution is 9.11. The summed E-state index contributed by atoms with van der Waals surface area (Å²) >= 11 is 4.73. The number of thiophene rings is 1. The molecular weight excluding hydrogens is 304 g/mol. The largest absolute Gasteiger partial charge is 0.355 e. The smallest absolute Gasteiger partial charge is 0.262 e. The standard InChI is InChI=1S/C11H15BrN2O2S/c1-4-13-10(15)7(3)14-11(16)8-5-6(2)9(12)17-8/h5,7H,4H2,1-3H3,(H,13,15)(H,14,16). The summed E-state index contributed by atoms with van der Waals surface area (Å²) in [6.07, 6.45) is 0. The van der Waals surface area contributed by atoms with Gasteiger partial charge in [-0.05, 0) is 48.3 Å². The zero-order valence-electron chi connectivity index (χ0n) is 9.96. The van der Waals surface area contributed by atoms with Crippen molar-refractivity contribution in [3.05, 3.63) is 20.3 Å². The van der Waals surface area contributed by atoms with Crippen molar-refractivity contribution >= 4 is 39.1 Å². The molecule has 0 aromatic carbocycles. The highest BCUT2D eigenvalue weighted by Crippen LogP contribution is 2.27. The molecule has 0 aliphatic heterocycles. The molecule has 0 bridgehead atoms. The van der Waals surface area contributed by atoms with Crippen LogP contribution in [0.1, 0.15) is 29.1 Å². The maximum atomic E-state index is 11.8. The number of rotatable bonds is 4. The van der Waals surface area contributed by atoms with Crippen LogP contribution in [-0.4, -0.2) is 24.4 Å². The van der Waals surface area contributed by atoms with Crippen LogP contribution in [0.5, 0.6) is 0 Å². The summed E-state index contributed by atoms with van der Waals surface area (Å²) in [5, 5.41) is 5.32. The minimum Gasteiger partial charge on any atom is -0.355 e. The number of carbonyl (C=O) groups is 2. The van der Waals surface area contributed by atoms with Crippen LogP contribution in [0.25, 0.3) is 0 Å². The van der Waals surface area contributed by atoms with E-state index in [0.29, 0.717) is 11.4 Å². The zero-order valence-corrected chi connectivity index (χ0v) is 12.4. The van der Waals surface area contributed by atoms with Crippen LogP contribution < -0.4 is 10.6 Å². The summed E-state index contributed by atoms with van der Waals surface area (Å²) in [5.41, 5.74) is 1.02. The molecule has 4 nitrogen and oxygen atoms in total. The number of halogens is 1. The van der Waals surface area contributed by atoms with Crippen molar-refractivity contribution in [2.24, 2.45) is 0 Å². The summed E-state index contributed by atoms with van der Waals surface area (Å²) in [6, 6.07) is 1.28. The first-order valence-corrected chi connectivity index (χ1v) is 6.91. The fourth-order valence-electron chi connectivity index (χ4n) is 1.23. The normalized spacial score (nSPS) is 12.0. The third kappa shape index (κ3) is 3.81. The van der Waals surface area contributed by atoms with Gasteiger partial charge in [0.2, 0.25) is 5.91 Å². The van der Waals surface area contributed by atoms with Crippen molar-refractivity contribution in [2.45, 2.75) is 26.8 Å². The van der Waals surface area contributed by atoms with Crippen molar-refractivity contribution < 1.29 is 9.59 Å². The van der Waals surface area contributed by atoms with Gasteiger partial charge in [0.1, 0.15) is 6.04 Å². The van der Waals surface area contributed by atoms with Crippen LogP contribution in [-0.2, 0) is 4.79 Å². The Balaban J connectivity index is 2.63. The topological polar surface area (TPSA) is 58.2 Å². The fourth-order valence-corrected chi connectivity index (χ4v) is 2.67. The van der Waals surface area contributed by atoms with Crippen LogP contribution in [0.2, 0.25) is 0 Å². The molecule has 0 fully saturated rings. The molecule has 1 aromatic heterocycles. The summed E-state index contributed by atoms with van der Waals surface area (Å²) in [5.74, 6) is -0.393. The Hall–Kier alpha value is -0.880. The third-order valence-corrected chi connectivity index (χ3v) is 4.31. The lowest BCUT2D eigenvalue weighted by molar-refractivity contribution is -0.122. The van der Waals surface area contributed by atoms with Crippen LogP contribution >= 0.6 is 27.3 Å². The molecular formula is C11H15BrN2O2S. The molecule has 6 heteroatoms. The molecule has 0 aliphatic rings. The summed E-state index contributed by atoms with van der Waals surface area (Å²) in [7, 11) is 0. The van der Waals surface area contributed by atoms with E-state index in [-0.39, 0.29) is 11.8 Å². The van der Waals surface area contributed by atoms with Crippen molar-refractivity contribution in [3.8, 4) is 0 Å². The Labute approximate surface area is 113 Å². The first kappa shape index (κ1) is 14.2. The van der Waals surface area contributed by atoms with Gasteiger partial charge in [-0.1, -0.05) is 0 Å². The van der Waals surface area contributed by atoms with Gasteiger partial charge in [0.15, 0.2) is 0 Å². The van der Waals surface area contributed by atoms with Gasteiger partial charge in [-0.2, -0.15) is 0 Å². The quantitative estimate of drug-likeness (QED) is 0.893. The summed E-state index contributed by atoms with van der Waals surface area (Å²) in [6.45, 7) is 5.98. The molecule has 17 heavy (non-hydrogen) atoms. The Morgan fingerprint density at radius 3 is 2.65 bits per heavy atom. The lowest BCUT2D eigenvalue weighted by Crippen LogP contribution is -2.44. The van der Waals surface area contributed by atoms with Gasteiger partial charge in [0.05, 0.1) is 8.66 Å². The second-order valence-corrected chi connectivity index (χ2v) is 6.03. The van der Waals surface area contributed by atoms with Crippen molar-refractivity contribution in [1.29, 1.82) is 0 Å². The van der Waals surface area contributed by atoms with E-state index in [1.54, 1.807) is 13.0 Å². The SMILES string of the molecule is CCNC(=O)C(C)NC(=O)c1cc(C)c(Br)s1. The molecule has 94 valence electrons. The molecule has 2 amide bonds. The lowest BCUT2D eigenvalue weighted by Gasteiger charge is -2.12. The molecule has 0 spiro atoms. The highest BCUT2D eigenvalue weighted by Gasteiger charge is 2.17. The molecule has 1 rings (SSSR count). The summed E-state index contributed by atoms with van der Waals surface area (Å²) < 4.78 is 0.938. The molecule has 1 unspecified atom stereocenters. The highest BCUT2D eigenvalue weighted by atomic mass is 79.9. The van der Waals surface area contributed by atoms with Gasteiger partial charge in [-0.3, -0.25) is 9.59 Å².